The number of methoxy groups -OCH3 is 1. The van der Waals surface area contributed by atoms with Crippen LogP contribution in [0.4, 0.5) is 0 Å². The molecule has 1 heterocycles. The monoisotopic (exact) mass is 364 g/mol. The minimum Gasteiger partial charge on any atom is -0.497 e. The number of nitrogens with one attached hydrogen (secondary N) is 2. The molecule has 0 fully saturated rings. The summed E-state index contributed by atoms with van der Waals surface area (Å²) in [5.41, 5.74) is 2.00. The number of H-pyrrole nitrogens is 1. The highest BCUT2D eigenvalue weighted by Gasteiger charge is 2.14. The summed E-state index contributed by atoms with van der Waals surface area (Å²) < 4.78 is 32.2. The predicted octanol–water partition coefficient (Wildman–Crippen LogP) is 3.35. The maximum Gasteiger partial charge on any atom is 0.240 e. The van der Waals surface area contributed by atoms with Crippen LogP contribution >= 0.6 is 11.6 Å². The Morgan fingerprint density at radius 3 is 2.62 bits per heavy atom. The summed E-state index contributed by atoms with van der Waals surface area (Å²) in [6.45, 7) is 0.299. The van der Waals surface area contributed by atoms with E-state index in [1.54, 1.807) is 12.1 Å². The predicted molar refractivity (Wildman–Crippen MR) is 95.2 cm³/mol. The summed E-state index contributed by atoms with van der Waals surface area (Å²) in [4.78, 5) is 3.37. The third-order valence-electron chi connectivity index (χ3n) is 3.79. The normalized spacial score (nSPS) is 11.8. The van der Waals surface area contributed by atoms with Gasteiger partial charge in [0.1, 0.15) is 5.75 Å². The lowest BCUT2D eigenvalue weighted by Gasteiger charge is -2.07. The molecule has 3 aromatic rings. The van der Waals surface area contributed by atoms with Crippen molar-refractivity contribution in [1.29, 1.82) is 0 Å². The first-order valence-electron chi connectivity index (χ1n) is 7.39. The Kier molecular flexibility index (Phi) is 4.80. The number of halogens is 1. The van der Waals surface area contributed by atoms with Crippen LogP contribution in [0.25, 0.3) is 10.9 Å². The van der Waals surface area contributed by atoms with Crippen LogP contribution in [-0.2, 0) is 16.4 Å². The molecule has 0 aliphatic carbocycles. The van der Waals surface area contributed by atoms with Gasteiger partial charge in [-0.15, -0.1) is 0 Å². The van der Waals surface area contributed by atoms with E-state index in [2.05, 4.69) is 9.71 Å². The molecule has 1 aromatic heterocycles. The number of rotatable bonds is 6. The second-order valence-electron chi connectivity index (χ2n) is 5.33. The van der Waals surface area contributed by atoms with Crippen molar-refractivity contribution in [3.8, 4) is 5.75 Å². The Morgan fingerprint density at radius 1 is 1.17 bits per heavy atom. The zero-order chi connectivity index (χ0) is 17.2. The quantitative estimate of drug-likeness (QED) is 0.704. The lowest BCUT2D eigenvalue weighted by molar-refractivity contribution is 0.414. The first-order valence-corrected chi connectivity index (χ1v) is 9.25. The smallest absolute Gasteiger partial charge is 0.240 e. The molecule has 2 N–H and O–H groups in total. The van der Waals surface area contributed by atoms with Crippen LogP contribution in [0.15, 0.2) is 53.6 Å². The summed E-state index contributed by atoms with van der Waals surface area (Å²) in [5, 5.41) is 1.66. The minimum atomic E-state index is -3.54. The summed E-state index contributed by atoms with van der Waals surface area (Å²) >= 11 is 6.02. The number of fused-ring (bicyclic) bond motifs is 1. The SMILES string of the molecule is COc1ccc(S(=O)(=O)NCCc2c[nH]c3ccc(Cl)cc23)cc1. The van der Waals surface area contributed by atoms with E-state index < -0.39 is 10.0 Å². The van der Waals surface area contributed by atoms with Crippen LogP contribution in [0.5, 0.6) is 5.75 Å². The number of benzene rings is 2. The van der Waals surface area contributed by atoms with Crippen molar-refractivity contribution in [2.75, 3.05) is 13.7 Å². The molecule has 0 aliphatic rings. The van der Waals surface area contributed by atoms with Gasteiger partial charge < -0.3 is 9.72 Å². The molecular weight excluding hydrogens is 348 g/mol. The van der Waals surface area contributed by atoms with Crippen LogP contribution in [0.3, 0.4) is 0 Å². The van der Waals surface area contributed by atoms with E-state index >= 15 is 0 Å². The molecule has 0 radical (unpaired) electrons. The van der Waals surface area contributed by atoms with Gasteiger partial charge in [-0.05, 0) is 54.4 Å². The zero-order valence-electron chi connectivity index (χ0n) is 13.0. The fraction of sp³-hybridized carbons (Fsp3) is 0.176. The number of aromatic amines is 1. The summed E-state index contributed by atoms with van der Waals surface area (Å²) in [6, 6.07) is 11.9. The van der Waals surface area contributed by atoms with Crippen molar-refractivity contribution in [3.63, 3.8) is 0 Å². The largest absolute Gasteiger partial charge is 0.497 e. The molecule has 3 rings (SSSR count). The Balaban J connectivity index is 1.69. The number of hydrogen-bond donors (Lipinski definition) is 2. The summed E-state index contributed by atoms with van der Waals surface area (Å²) in [7, 11) is -2.00. The average Bonchev–Trinajstić information content (AvgIpc) is 2.97. The average molecular weight is 365 g/mol. The van der Waals surface area contributed by atoms with Crippen LogP contribution in [-0.4, -0.2) is 27.1 Å². The summed E-state index contributed by atoms with van der Waals surface area (Å²) in [5.74, 6) is 0.615. The second-order valence-corrected chi connectivity index (χ2v) is 7.53. The Bertz CT molecular complexity index is 950. The zero-order valence-corrected chi connectivity index (χ0v) is 14.6. The van der Waals surface area contributed by atoms with E-state index in [1.165, 1.54) is 19.2 Å². The molecule has 24 heavy (non-hydrogen) atoms. The summed E-state index contributed by atoms with van der Waals surface area (Å²) in [6.07, 6.45) is 2.44. The van der Waals surface area contributed by atoms with Crippen molar-refractivity contribution >= 4 is 32.5 Å². The van der Waals surface area contributed by atoms with Crippen LogP contribution in [0.1, 0.15) is 5.56 Å². The van der Waals surface area contributed by atoms with Crippen molar-refractivity contribution in [2.45, 2.75) is 11.3 Å². The van der Waals surface area contributed by atoms with Gasteiger partial charge in [0.15, 0.2) is 0 Å². The Hall–Kier alpha value is -2.02. The first kappa shape index (κ1) is 16.8. The number of sulfonamides is 1. The second kappa shape index (κ2) is 6.84. The maximum atomic E-state index is 12.3. The molecule has 0 saturated heterocycles. The van der Waals surface area contributed by atoms with Gasteiger partial charge in [-0.1, -0.05) is 11.6 Å². The van der Waals surface area contributed by atoms with Crippen molar-refractivity contribution in [1.82, 2.24) is 9.71 Å². The third-order valence-corrected chi connectivity index (χ3v) is 5.50. The van der Waals surface area contributed by atoms with E-state index in [0.717, 1.165) is 16.5 Å². The van der Waals surface area contributed by atoms with E-state index in [-0.39, 0.29) is 4.90 Å². The molecule has 0 unspecified atom stereocenters. The van der Waals surface area contributed by atoms with Gasteiger partial charge in [0.2, 0.25) is 10.0 Å². The number of hydrogen-bond acceptors (Lipinski definition) is 3. The fourth-order valence-corrected chi connectivity index (χ4v) is 3.72. The van der Waals surface area contributed by atoms with E-state index in [1.807, 2.05) is 24.4 Å². The molecule has 0 saturated carbocycles. The van der Waals surface area contributed by atoms with Gasteiger partial charge in [-0.2, -0.15) is 0 Å². The van der Waals surface area contributed by atoms with Crippen molar-refractivity contribution in [2.24, 2.45) is 0 Å². The van der Waals surface area contributed by atoms with Crippen LogP contribution in [0.2, 0.25) is 5.02 Å². The molecule has 5 nitrogen and oxygen atoms in total. The highest BCUT2D eigenvalue weighted by Crippen LogP contribution is 2.22. The Labute approximate surface area is 145 Å². The van der Waals surface area contributed by atoms with Gasteiger partial charge in [-0.3, -0.25) is 0 Å². The molecule has 7 heteroatoms. The molecule has 0 amide bonds. The van der Waals surface area contributed by atoms with E-state index in [0.29, 0.717) is 23.7 Å². The first-order chi connectivity index (χ1) is 11.5. The van der Waals surface area contributed by atoms with Gasteiger partial charge in [0.05, 0.1) is 12.0 Å². The van der Waals surface area contributed by atoms with Gasteiger partial charge >= 0.3 is 0 Å². The van der Waals surface area contributed by atoms with Gasteiger partial charge in [0, 0.05) is 28.7 Å². The van der Waals surface area contributed by atoms with Crippen molar-refractivity contribution in [3.05, 3.63) is 59.2 Å². The molecular formula is C17H17ClN2O3S. The molecule has 0 aliphatic heterocycles. The van der Waals surface area contributed by atoms with Gasteiger partial charge in [0.25, 0.3) is 0 Å². The molecule has 0 bridgehead atoms. The standard InChI is InChI=1S/C17H17ClN2O3S/c1-23-14-3-5-15(6-4-14)24(21,22)20-9-8-12-11-19-17-7-2-13(18)10-16(12)17/h2-7,10-11,19-20H,8-9H2,1H3. The molecule has 2 aromatic carbocycles. The topological polar surface area (TPSA) is 71.2 Å². The maximum absolute atomic E-state index is 12.3. The highest BCUT2D eigenvalue weighted by atomic mass is 35.5. The van der Waals surface area contributed by atoms with Crippen molar-refractivity contribution < 1.29 is 13.2 Å². The fourth-order valence-electron chi connectivity index (χ4n) is 2.52. The lowest BCUT2D eigenvalue weighted by atomic mass is 10.1. The van der Waals surface area contributed by atoms with Gasteiger partial charge in [-0.25, -0.2) is 13.1 Å². The Morgan fingerprint density at radius 2 is 1.92 bits per heavy atom. The molecule has 0 atom stereocenters. The van der Waals surface area contributed by atoms with E-state index in [9.17, 15) is 8.42 Å². The minimum absolute atomic E-state index is 0.213. The molecule has 0 spiro atoms. The van der Waals surface area contributed by atoms with Crippen LogP contribution in [0, 0.1) is 0 Å². The van der Waals surface area contributed by atoms with E-state index in [4.69, 9.17) is 16.3 Å². The number of aromatic nitrogens is 1. The van der Waals surface area contributed by atoms with Crippen LogP contribution < -0.4 is 9.46 Å². The number of ether oxygens (including phenoxy) is 1. The highest BCUT2D eigenvalue weighted by molar-refractivity contribution is 7.89. The molecule has 126 valence electrons. The lowest BCUT2D eigenvalue weighted by Crippen LogP contribution is -2.25. The third kappa shape index (κ3) is 3.56.